The highest BCUT2D eigenvalue weighted by atomic mass is 35.5. The number of sulfonamides is 1. The van der Waals surface area contributed by atoms with Gasteiger partial charge < -0.3 is 10.2 Å². The lowest BCUT2D eigenvalue weighted by molar-refractivity contribution is -0.134. The second kappa shape index (κ2) is 10.3. The summed E-state index contributed by atoms with van der Waals surface area (Å²) >= 11 is 5.88. The number of hydrogen-bond donors (Lipinski definition) is 1. The van der Waals surface area contributed by atoms with Crippen LogP contribution in [0.1, 0.15) is 31.4 Å². The van der Waals surface area contributed by atoms with Crippen LogP contribution < -0.4 is 5.32 Å². The van der Waals surface area contributed by atoms with Gasteiger partial charge >= 0.3 is 0 Å². The zero-order valence-electron chi connectivity index (χ0n) is 17.3. The molecule has 2 amide bonds. The molecule has 0 radical (unpaired) electrons. The Balaban J connectivity index is 1.44. The van der Waals surface area contributed by atoms with Gasteiger partial charge in [-0.3, -0.25) is 9.59 Å². The Morgan fingerprint density at radius 2 is 1.58 bits per heavy atom. The molecule has 0 spiro atoms. The summed E-state index contributed by atoms with van der Waals surface area (Å²) in [5.41, 5.74) is 0.930. The summed E-state index contributed by atoms with van der Waals surface area (Å²) in [5.74, 6) is -0.354. The SMILES string of the molecule is CC(NC(=O)CCC(=O)N1CCN(S(=O)(=O)c2ccccc2)CC1)c1ccc(Cl)cc1. The molecule has 0 aliphatic carbocycles. The molecule has 1 atom stereocenters. The molecule has 2 aromatic carbocycles. The van der Waals surface area contributed by atoms with E-state index in [1.165, 1.54) is 4.31 Å². The zero-order chi connectivity index (χ0) is 22.4. The van der Waals surface area contributed by atoms with Crippen molar-refractivity contribution < 1.29 is 18.0 Å². The molecule has 9 heteroatoms. The Morgan fingerprint density at radius 1 is 0.968 bits per heavy atom. The van der Waals surface area contributed by atoms with Crippen molar-refractivity contribution in [3.8, 4) is 0 Å². The smallest absolute Gasteiger partial charge is 0.243 e. The molecule has 1 aliphatic heterocycles. The van der Waals surface area contributed by atoms with E-state index < -0.39 is 10.0 Å². The summed E-state index contributed by atoms with van der Waals surface area (Å²) in [6.07, 6.45) is 0.171. The van der Waals surface area contributed by atoms with E-state index in [4.69, 9.17) is 11.6 Å². The number of carbonyl (C=O) groups is 2. The fraction of sp³-hybridized carbons (Fsp3) is 0.364. The molecule has 0 aromatic heterocycles. The van der Waals surface area contributed by atoms with E-state index in [1.807, 2.05) is 19.1 Å². The van der Waals surface area contributed by atoms with Crippen LogP contribution in [0.3, 0.4) is 0 Å². The van der Waals surface area contributed by atoms with E-state index in [9.17, 15) is 18.0 Å². The predicted octanol–water partition coefficient (Wildman–Crippen LogP) is 2.83. The van der Waals surface area contributed by atoms with Crippen molar-refractivity contribution >= 4 is 33.4 Å². The number of nitrogens with zero attached hydrogens (tertiary/aromatic N) is 2. The van der Waals surface area contributed by atoms with E-state index in [-0.39, 0.29) is 48.7 Å². The average Bonchev–Trinajstić information content (AvgIpc) is 2.78. The van der Waals surface area contributed by atoms with Crippen LogP contribution in [0.25, 0.3) is 0 Å². The number of hydrogen-bond acceptors (Lipinski definition) is 4. The molecule has 7 nitrogen and oxygen atoms in total. The van der Waals surface area contributed by atoms with Crippen molar-refractivity contribution in [1.82, 2.24) is 14.5 Å². The second-order valence-electron chi connectivity index (χ2n) is 7.44. The largest absolute Gasteiger partial charge is 0.350 e. The van der Waals surface area contributed by atoms with Crippen LogP contribution in [0.15, 0.2) is 59.5 Å². The lowest BCUT2D eigenvalue weighted by Crippen LogP contribution is -2.50. The van der Waals surface area contributed by atoms with Gasteiger partial charge in [-0.25, -0.2) is 8.42 Å². The number of rotatable bonds is 7. The highest BCUT2D eigenvalue weighted by Crippen LogP contribution is 2.18. The van der Waals surface area contributed by atoms with Crippen LogP contribution in [0.2, 0.25) is 5.02 Å². The summed E-state index contributed by atoms with van der Waals surface area (Å²) in [4.78, 5) is 26.6. The first kappa shape index (κ1) is 23.2. The highest BCUT2D eigenvalue weighted by molar-refractivity contribution is 7.89. The van der Waals surface area contributed by atoms with Crippen LogP contribution in [0.5, 0.6) is 0 Å². The van der Waals surface area contributed by atoms with Crippen molar-refractivity contribution in [3.05, 3.63) is 65.2 Å². The maximum absolute atomic E-state index is 12.7. The van der Waals surface area contributed by atoms with Gasteiger partial charge in [0.2, 0.25) is 21.8 Å². The zero-order valence-corrected chi connectivity index (χ0v) is 18.9. The topological polar surface area (TPSA) is 86.8 Å². The molecule has 1 saturated heterocycles. The third kappa shape index (κ3) is 6.06. The number of nitrogens with one attached hydrogen (secondary N) is 1. The van der Waals surface area contributed by atoms with Crippen LogP contribution in [0.4, 0.5) is 0 Å². The van der Waals surface area contributed by atoms with E-state index in [0.717, 1.165) is 5.56 Å². The van der Waals surface area contributed by atoms with Crippen LogP contribution >= 0.6 is 11.6 Å². The molecule has 1 heterocycles. The van der Waals surface area contributed by atoms with Crippen molar-refractivity contribution in [3.63, 3.8) is 0 Å². The monoisotopic (exact) mass is 463 g/mol. The van der Waals surface area contributed by atoms with E-state index in [2.05, 4.69) is 5.32 Å². The van der Waals surface area contributed by atoms with Gasteiger partial charge in [0, 0.05) is 44.0 Å². The van der Waals surface area contributed by atoms with Crippen molar-refractivity contribution in [2.24, 2.45) is 0 Å². The van der Waals surface area contributed by atoms with Crippen molar-refractivity contribution in [1.29, 1.82) is 0 Å². The number of piperazine rings is 1. The molecule has 2 aromatic rings. The number of amides is 2. The Labute approximate surface area is 188 Å². The van der Waals surface area contributed by atoms with Gasteiger partial charge in [0.05, 0.1) is 10.9 Å². The predicted molar refractivity (Wildman–Crippen MR) is 119 cm³/mol. The number of benzene rings is 2. The summed E-state index contributed by atoms with van der Waals surface area (Å²) < 4.78 is 26.8. The lowest BCUT2D eigenvalue weighted by Gasteiger charge is -2.34. The van der Waals surface area contributed by atoms with E-state index >= 15 is 0 Å². The maximum Gasteiger partial charge on any atom is 0.243 e. The van der Waals surface area contributed by atoms with Gasteiger partial charge in [-0.15, -0.1) is 0 Å². The average molecular weight is 464 g/mol. The third-order valence-electron chi connectivity index (χ3n) is 5.29. The van der Waals surface area contributed by atoms with Gasteiger partial charge in [-0.05, 0) is 36.8 Å². The number of halogens is 1. The minimum absolute atomic E-state index is 0.0826. The minimum Gasteiger partial charge on any atom is -0.350 e. The Bertz CT molecular complexity index is 1000. The molecule has 0 bridgehead atoms. The molecule has 1 fully saturated rings. The van der Waals surface area contributed by atoms with Crippen LogP contribution in [0, 0.1) is 0 Å². The van der Waals surface area contributed by atoms with Crippen LogP contribution in [-0.4, -0.2) is 55.6 Å². The Kier molecular flexibility index (Phi) is 7.69. The van der Waals surface area contributed by atoms with Gasteiger partial charge in [-0.2, -0.15) is 4.31 Å². The van der Waals surface area contributed by atoms with E-state index in [1.54, 1.807) is 47.4 Å². The molecule has 1 aliphatic rings. The standard InChI is InChI=1S/C22H26ClN3O4S/c1-17(18-7-9-19(23)10-8-18)24-21(27)11-12-22(28)25-13-15-26(16-14-25)31(29,30)20-5-3-2-4-6-20/h2-10,17H,11-16H2,1H3,(H,24,27). The van der Waals surface area contributed by atoms with E-state index in [0.29, 0.717) is 18.1 Å². The first-order valence-corrected chi connectivity index (χ1v) is 12.0. The fourth-order valence-corrected chi connectivity index (χ4v) is 5.02. The molecular weight excluding hydrogens is 438 g/mol. The number of carbonyl (C=O) groups excluding carboxylic acids is 2. The maximum atomic E-state index is 12.7. The summed E-state index contributed by atoms with van der Waals surface area (Å²) in [5, 5.41) is 3.51. The summed E-state index contributed by atoms with van der Waals surface area (Å²) in [6.45, 7) is 2.97. The molecule has 0 saturated carbocycles. The molecule has 166 valence electrons. The molecule has 1 unspecified atom stereocenters. The molecular formula is C22H26ClN3O4S. The molecule has 31 heavy (non-hydrogen) atoms. The minimum atomic E-state index is -3.56. The highest BCUT2D eigenvalue weighted by Gasteiger charge is 2.30. The van der Waals surface area contributed by atoms with Crippen LogP contribution in [-0.2, 0) is 19.6 Å². The second-order valence-corrected chi connectivity index (χ2v) is 9.81. The normalized spacial score (nSPS) is 16.0. The van der Waals surface area contributed by atoms with Gasteiger partial charge in [0.25, 0.3) is 0 Å². The quantitative estimate of drug-likeness (QED) is 0.684. The molecule has 3 rings (SSSR count). The lowest BCUT2D eigenvalue weighted by atomic mass is 10.1. The fourth-order valence-electron chi connectivity index (χ4n) is 3.45. The van der Waals surface area contributed by atoms with Gasteiger partial charge in [0.15, 0.2) is 0 Å². The van der Waals surface area contributed by atoms with Gasteiger partial charge in [-0.1, -0.05) is 41.9 Å². The first-order valence-electron chi connectivity index (χ1n) is 10.1. The Hall–Kier alpha value is -2.42. The first-order chi connectivity index (χ1) is 14.8. The third-order valence-corrected chi connectivity index (χ3v) is 7.45. The Morgan fingerprint density at radius 3 is 2.19 bits per heavy atom. The summed E-state index contributed by atoms with van der Waals surface area (Å²) in [6, 6.07) is 15.3. The molecule has 1 N–H and O–H groups in total. The van der Waals surface area contributed by atoms with Crippen molar-refractivity contribution in [2.45, 2.75) is 30.7 Å². The summed E-state index contributed by atoms with van der Waals surface area (Å²) in [7, 11) is -3.56. The van der Waals surface area contributed by atoms with Gasteiger partial charge in [0.1, 0.15) is 0 Å². The van der Waals surface area contributed by atoms with Crippen molar-refractivity contribution in [2.75, 3.05) is 26.2 Å².